The third-order valence-electron chi connectivity index (χ3n) is 12.2. The molecule has 0 fully saturated rings. The Morgan fingerprint density at radius 3 is 1.93 bits per heavy atom. The van der Waals surface area contributed by atoms with E-state index in [1.165, 1.54) is 70.8 Å². The van der Waals surface area contributed by atoms with E-state index in [-0.39, 0.29) is 0 Å². The van der Waals surface area contributed by atoms with Gasteiger partial charge >= 0.3 is 0 Å². The molecule has 0 radical (unpaired) electrons. The predicted octanol–water partition coefficient (Wildman–Crippen LogP) is 13.1. The lowest BCUT2D eigenvalue weighted by Gasteiger charge is -2.37. The fraction of sp³-hybridized carbons (Fsp3) is 0.0196. The van der Waals surface area contributed by atoms with E-state index < -0.39 is 5.41 Å². The maximum Gasteiger partial charge on any atom is 0.235 e. The van der Waals surface area contributed by atoms with Gasteiger partial charge in [-0.05, 0) is 79.5 Å². The number of nitrogens with zero attached hydrogens (tertiary/aromatic N) is 3. The second-order valence-corrected chi connectivity index (χ2v) is 15.9. The van der Waals surface area contributed by atoms with Crippen LogP contribution in [0.4, 0.5) is 0 Å². The van der Waals surface area contributed by atoms with Gasteiger partial charge in [0, 0.05) is 26.4 Å². The van der Waals surface area contributed by atoms with Crippen LogP contribution in [0.1, 0.15) is 22.3 Å². The van der Waals surface area contributed by atoms with E-state index in [0.29, 0.717) is 5.95 Å². The summed E-state index contributed by atoms with van der Waals surface area (Å²) in [5.41, 5.74) is 15.1. The van der Waals surface area contributed by atoms with E-state index in [1.54, 1.807) is 11.3 Å². The van der Waals surface area contributed by atoms with Crippen LogP contribution < -0.4 is 0 Å². The van der Waals surface area contributed by atoms with Gasteiger partial charge < -0.3 is 0 Å². The summed E-state index contributed by atoms with van der Waals surface area (Å²) in [6.45, 7) is 0. The van der Waals surface area contributed by atoms with Crippen LogP contribution in [-0.2, 0) is 5.41 Å². The monoisotopic (exact) mass is 715 g/mol. The summed E-state index contributed by atoms with van der Waals surface area (Å²) in [5, 5.41) is 6.27. The summed E-state index contributed by atoms with van der Waals surface area (Å²) in [4.78, 5) is 11.1. The van der Waals surface area contributed by atoms with Crippen molar-refractivity contribution < 1.29 is 0 Å². The van der Waals surface area contributed by atoms with Crippen molar-refractivity contribution in [2.24, 2.45) is 0 Å². The molecule has 254 valence electrons. The zero-order valence-corrected chi connectivity index (χ0v) is 30.3. The number of thiophene rings is 1. The van der Waals surface area contributed by atoms with Gasteiger partial charge in [-0.15, -0.1) is 11.3 Å². The summed E-state index contributed by atoms with van der Waals surface area (Å²) in [7, 11) is 0. The van der Waals surface area contributed by atoms with Crippen LogP contribution in [0.5, 0.6) is 0 Å². The summed E-state index contributed by atoms with van der Waals surface area (Å²) in [6.07, 6.45) is 0. The standard InChI is InChI=1S/C51H29N3S/c1-2-13-30(14-3-1)32-16-10-17-33(29-32)47-49-48(36-20-6-9-26-43(36)55-49)53-50(52-47)54-41-25-12-24-40-45(41)46-42(54)28-27-31-15-11-23-39(44(31)46)51(40)37-21-7-4-18-34(37)35-19-5-8-22-38(35)51/h1-29H. The second-order valence-electron chi connectivity index (χ2n) is 14.8. The fourth-order valence-corrected chi connectivity index (χ4v) is 11.2. The van der Waals surface area contributed by atoms with Gasteiger partial charge in [-0.25, -0.2) is 9.97 Å². The molecule has 2 aliphatic rings. The van der Waals surface area contributed by atoms with Crippen LogP contribution in [0, 0.1) is 0 Å². The molecule has 1 spiro atoms. The fourth-order valence-electron chi connectivity index (χ4n) is 10.1. The van der Waals surface area contributed by atoms with E-state index in [4.69, 9.17) is 9.97 Å². The molecule has 4 heteroatoms. The van der Waals surface area contributed by atoms with Crippen molar-refractivity contribution in [1.82, 2.24) is 14.5 Å². The van der Waals surface area contributed by atoms with E-state index in [2.05, 4.69) is 180 Å². The average Bonchev–Trinajstić information content (AvgIpc) is 3.90. The first-order chi connectivity index (χ1) is 27.3. The molecule has 0 bridgehead atoms. The molecule has 0 aliphatic heterocycles. The van der Waals surface area contributed by atoms with Crippen LogP contribution in [-0.4, -0.2) is 14.5 Å². The lowest BCUT2D eigenvalue weighted by atomic mass is 9.63. The van der Waals surface area contributed by atoms with Crippen molar-refractivity contribution >= 4 is 64.2 Å². The maximum atomic E-state index is 5.59. The van der Waals surface area contributed by atoms with E-state index in [9.17, 15) is 0 Å². The SMILES string of the molecule is c1ccc(-c2cccc(-c3nc(-n4c5cccc6c5c5c7c(cccc7ccc54)C64c5ccccc5-c5ccccc54)nc4c3sc3ccccc34)c2)cc1. The smallest absolute Gasteiger partial charge is 0.235 e. The van der Waals surface area contributed by atoms with Crippen LogP contribution in [0.25, 0.3) is 92.3 Å². The van der Waals surface area contributed by atoms with Crippen molar-refractivity contribution in [2.75, 3.05) is 0 Å². The molecule has 0 amide bonds. The molecule has 13 rings (SSSR count). The summed E-state index contributed by atoms with van der Waals surface area (Å²) in [5.74, 6) is 0.688. The molecule has 8 aromatic carbocycles. The minimum absolute atomic E-state index is 0.461. The second kappa shape index (κ2) is 10.6. The third kappa shape index (κ3) is 3.70. The third-order valence-corrected chi connectivity index (χ3v) is 13.4. The Hall–Kier alpha value is -6.88. The van der Waals surface area contributed by atoms with Crippen molar-refractivity contribution in [3.63, 3.8) is 0 Å². The summed E-state index contributed by atoms with van der Waals surface area (Å²) in [6, 6.07) is 64.5. The minimum atomic E-state index is -0.461. The lowest BCUT2D eigenvalue weighted by molar-refractivity contribution is 0.783. The van der Waals surface area contributed by atoms with Gasteiger partial charge in [-0.2, -0.15) is 0 Å². The quantitative estimate of drug-likeness (QED) is 0.182. The molecule has 3 heterocycles. The summed E-state index contributed by atoms with van der Waals surface area (Å²) < 4.78 is 4.65. The van der Waals surface area contributed by atoms with E-state index in [1.807, 2.05) is 0 Å². The molecule has 0 unspecified atom stereocenters. The Bertz CT molecular complexity index is 3400. The molecule has 3 aromatic heterocycles. The minimum Gasteiger partial charge on any atom is -0.278 e. The zero-order valence-electron chi connectivity index (χ0n) is 29.5. The van der Waals surface area contributed by atoms with Gasteiger partial charge in [0.05, 0.1) is 32.4 Å². The molecular formula is C51H29N3S. The van der Waals surface area contributed by atoms with Gasteiger partial charge in [0.1, 0.15) is 0 Å². The van der Waals surface area contributed by atoms with Crippen LogP contribution in [0.2, 0.25) is 0 Å². The van der Waals surface area contributed by atoms with Gasteiger partial charge in [0.25, 0.3) is 0 Å². The normalized spacial score (nSPS) is 13.6. The molecule has 0 N–H and O–H groups in total. The molecule has 55 heavy (non-hydrogen) atoms. The summed E-state index contributed by atoms with van der Waals surface area (Å²) >= 11 is 1.78. The van der Waals surface area contributed by atoms with Gasteiger partial charge in [-0.1, -0.05) is 152 Å². The highest BCUT2D eigenvalue weighted by Crippen LogP contribution is 2.62. The highest BCUT2D eigenvalue weighted by atomic mass is 32.1. The van der Waals surface area contributed by atoms with Crippen LogP contribution >= 0.6 is 11.3 Å². The number of hydrogen-bond donors (Lipinski definition) is 0. The van der Waals surface area contributed by atoms with Crippen molar-refractivity contribution in [2.45, 2.75) is 5.41 Å². The number of rotatable bonds is 3. The van der Waals surface area contributed by atoms with E-state index in [0.717, 1.165) is 37.9 Å². The van der Waals surface area contributed by atoms with Gasteiger partial charge in [0.15, 0.2) is 0 Å². The number of hydrogen-bond acceptors (Lipinski definition) is 3. The number of fused-ring (bicyclic) bond motifs is 10. The molecule has 3 nitrogen and oxygen atoms in total. The molecule has 0 saturated carbocycles. The molecule has 11 aromatic rings. The van der Waals surface area contributed by atoms with E-state index >= 15 is 0 Å². The average molecular weight is 716 g/mol. The van der Waals surface area contributed by atoms with Crippen molar-refractivity contribution in [3.05, 3.63) is 198 Å². The van der Waals surface area contributed by atoms with Crippen molar-refractivity contribution in [3.8, 4) is 39.5 Å². The molecule has 0 saturated heterocycles. The Morgan fingerprint density at radius 1 is 0.455 bits per heavy atom. The first kappa shape index (κ1) is 29.6. The molecule has 2 aliphatic carbocycles. The zero-order chi connectivity index (χ0) is 35.8. The molecular weight excluding hydrogens is 687 g/mol. The topological polar surface area (TPSA) is 30.7 Å². The highest BCUT2D eigenvalue weighted by Gasteiger charge is 2.50. The Kier molecular flexibility index (Phi) is 5.71. The van der Waals surface area contributed by atoms with Gasteiger partial charge in [0.2, 0.25) is 5.95 Å². The van der Waals surface area contributed by atoms with Crippen molar-refractivity contribution in [1.29, 1.82) is 0 Å². The lowest BCUT2D eigenvalue weighted by Crippen LogP contribution is -2.30. The first-order valence-corrected chi connectivity index (χ1v) is 19.7. The van der Waals surface area contributed by atoms with Crippen LogP contribution in [0.3, 0.4) is 0 Å². The Balaban J connectivity index is 1.17. The Labute approximate surface area is 320 Å². The number of benzene rings is 8. The maximum absolute atomic E-state index is 5.59. The molecule has 0 atom stereocenters. The Morgan fingerprint density at radius 2 is 1.09 bits per heavy atom. The largest absolute Gasteiger partial charge is 0.278 e. The highest BCUT2D eigenvalue weighted by molar-refractivity contribution is 7.26. The first-order valence-electron chi connectivity index (χ1n) is 18.8. The van der Waals surface area contributed by atoms with Crippen LogP contribution in [0.15, 0.2) is 176 Å². The predicted molar refractivity (Wildman–Crippen MR) is 228 cm³/mol. The number of aromatic nitrogens is 3. The van der Waals surface area contributed by atoms with Gasteiger partial charge in [-0.3, -0.25) is 4.57 Å².